The second-order valence-electron chi connectivity index (χ2n) is 8.14. The molecule has 1 aromatic rings. The monoisotopic (exact) mass is 418 g/mol. The Hall–Kier alpha value is -2.35. The lowest BCUT2D eigenvalue weighted by Gasteiger charge is -2.39. The summed E-state index contributed by atoms with van der Waals surface area (Å²) in [6.45, 7) is 7.38. The van der Waals surface area contributed by atoms with E-state index in [4.69, 9.17) is 12.2 Å². The molecule has 2 N–H and O–H groups in total. The Labute approximate surface area is 177 Å². The standard InChI is InChI=1S/C21H30N4O3S/c1-15-4-5-17(16(2)12-15)23-19(27)24-9-6-21(7-10-24)8-11-25(14-21)20(29)22-13-18(26)28-3/h4-5,12H,6-11,13-14H2,1-3H3,(H,22,29)(H,23,27). The van der Waals surface area contributed by atoms with Crippen molar-refractivity contribution in [3.63, 3.8) is 0 Å². The second kappa shape index (κ2) is 8.98. The molecule has 3 rings (SSSR count). The maximum Gasteiger partial charge on any atom is 0.325 e. The third-order valence-corrected chi connectivity index (χ3v) is 6.47. The molecule has 1 aromatic carbocycles. The maximum atomic E-state index is 12.7. The predicted octanol–water partition coefficient (Wildman–Crippen LogP) is 2.67. The maximum absolute atomic E-state index is 12.7. The van der Waals surface area contributed by atoms with E-state index in [1.165, 1.54) is 12.7 Å². The van der Waals surface area contributed by atoms with Crippen LogP contribution in [-0.2, 0) is 9.53 Å². The van der Waals surface area contributed by atoms with E-state index < -0.39 is 0 Å². The van der Waals surface area contributed by atoms with Gasteiger partial charge in [-0.3, -0.25) is 4.79 Å². The first-order valence-electron chi connectivity index (χ1n) is 10.0. The Morgan fingerprint density at radius 2 is 1.79 bits per heavy atom. The lowest BCUT2D eigenvalue weighted by atomic mass is 9.78. The highest BCUT2D eigenvalue weighted by Crippen LogP contribution is 2.40. The van der Waals surface area contributed by atoms with Crippen LogP contribution >= 0.6 is 12.2 Å². The number of thiocarbonyl (C=S) groups is 1. The van der Waals surface area contributed by atoms with E-state index >= 15 is 0 Å². The average Bonchev–Trinajstić information content (AvgIpc) is 3.12. The van der Waals surface area contributed by atoms with Gasteiger partial charge >= 0.3 is 12.0 Å². The number of hydrogen-bond acceptors (Lipinski definition) is 4. The third-order valence-electron chi connectivity index (χ3n) is 6.07. The first-order valence-corrected chi connectivity index (χ1v) is 10.5. The Bertz CT molecular complexity index is 790. The second-order valence-corrected chi connectivity index (χ2v) is 8.53. The fourth-order valence-electron chi connectivity index (χ4n) is 4.18. The van der Waals surface area contributed by atoms with E-state index in [0.29, 0.717) is 5.11 Å². The van der Waals surface area contributed by atoms with Crippen molar-refractivity contribution in [2.24, 2.45) is 5.41 Å². The highest BCUT2D eigenvalue weighted by Gasteiger charge is 2.42. The van der Waals surface area contributed by atoms with Crippen LogP contribution in [0.1, 0.15) is 30.4 Å². The van der Waals surface area contributed by atoms with Gasteiger partial charge in [-0.25, -0.2) is 4.79 Å². The van der Waals surface area contributed by atoms with Gasteiger partial charge in [-0.2, -0.15) is 0 Å². The summed E-state index contributed by atoms with van der Waals surface area (Å²) in [6.07, 6.45) is 2.98. The summed E-state index contributed by atoms with van der Waals surface area (Å²) in [4.78, 5) is 28.0. The Balaban J connectivity index is 1.49. The van der Waals surface area contributed by atoms with Crippen molar-refractivity contribution < 1.29 is 14.3 Å². The number of likely N-dealkylation sites (tertiary alicyclic amines) is 2. The number of methoxy groups -OCH3 is 1. The van der Waals surface area contributed by atoms with Crippen molar-refractivity contribution in [2.75, 3.05) is 45.2 Å². The molecular weight excluding hydrogens is 388 g/mol. The molecule has 0 aliphatic carbocycles. The van der Waals surface area contributed by atoms with Crippen LogP contribution in [0.3, 0.4) is 0 Å². The zero-order chi connectivity index (χ0) is 21.0. The zero-order valence-corrected chi connectivity index (χ0v) is 18.2. The third kappa shape index (κ3) is 5.18. The summed E-state index contributed by atoms with van der Waals surface area (Å²) in [5, 5.41) is 6.62. The lowest BCUT2D eigenvalue weighted by Crippen LogP contribution is -2.47. The van der Waals surface area contributed by atoms with Crippen molar-refractivity contribution in [1.29, 1.82) is 0 Å². The molecule has 2 saturated heterocycles. The minimum absolute atomic E-state index is 0.0306. The number of carbonyl (C=O) groups excluding carboxylic acids is 2. The van der Waals surface area contributed by atoms with Gasteiger partial charge in [0.05, 0.1) is 7.11 Å². The Morgan fingerprint density at radius 1 is 1.14 bits per heavy atom. The number of ether oxygens (including phenoxy) is 1. The largest absolute Gasteiger partial charge is 0.468 e. The van der Waals surface area contributed by atoms with Gasteiger partial charge in [-0.05, 0) is 62.4 Å². The topological polar surface area (TPSA) is 73.9 Å². The predicted molar refractivity (Wildman–Crippen MR) is 117 cm³/mol. The van der Waals surface area contributed by atoms with E-state index in [1.54, 1.807) is 0 Å². The Kier molecular flexibility index (Phi) is 6.62. The van der Waals surface area contributed by atoms with Crippen molar-refractivity contribution in [3.05, 3.63) is 29.3 Å². The van der Waals surface area contributed by atoms with Crippen LogP contribution in [0.2, 0.25) is 0 Å². The number of carbonyl (C=O) groups is 2. The summed E-state index contributed by atoms with van der Waals surface area (Å²) in [5.41, 5.74) is 3.32. The molecule has 29 heavy (non-hydrogen) atoms. The SMILES string of the molecule is COC(=O)CNC(=S)N1CCC2(CCN(C(=O)Nc3ccc(C)cc3C)CC2)C1. The van der Waals surface area contributed by atoms with E-state index in [-0.39, 0.29) is 24.0 Å². The summed E-state index contributed by atoms with van der Waals surface area (Å²) in [7, 11) is 1.36. The van der Waals surface area contributed by atoms with Crippen LogP contribution in [0, 0.1) is 19.3 Å². The quantitative estimate of drug-likeness (QED) is 0.581. The number of anilines is 1. The van der Waals surface area contributed by atoms with Crippen LogP contribution in [0.4, 0.5) is 10.5 Å². The number of piperidine rings is 1. The molecule has 0 atom stereocenters. The molecule has 2 amide bonds. The fourth-order valence-corrected chi connectivity index (χ4v) is 4.41. The fraction of sp³-hybridized carbons (Fsp3) is 0.571. The minimum Gasteiger partial charge on any atom is -0.468 e. The highest BCUT2D eigenvalue weighted by molar-refractivity contribution is 7.80. The van der Waals surface area contributed by atoms with Crippen molar-refractivity contribution in [3.8, 4) is 0 Å². The van der Waals surface area contributed by atoms with Crippen LogP contribution < -0.4 is 10.6 Å². The number of benzene rings is 1. The molecule has 0 bridgehead atoms. The summed E-state index contributed by atoms with van der Waals surface area (Å²) in [6, 6.07) is 6.02. The van der Waals surface area contributed by atoms with E-state index in [0.717, 1.165) is 56.7 Å². The van der Waals surface area contributed by atoms with Crippen molar-refractivity contribution in [2.45, 2.75) is 33.1 Å². The van der Waals surface area contributed by atoms with Gasteiger partial charge < -0.3 is 25.2 Å². The van der Waals surface area contributed by atoms with Crippen LogP contribution in [0.15, 0.2) is 18.2 Å². The first-order chi connectivity index (χ1) is 13.8. The molecule has 8 heteroatoms. The number of aryl methyl sites for hydroxylation is 2. The van der Waals surface area contributed by atoms with Crippen LogP contribution in [0.25, 0.3) is 0 Å². The first kappa shape index (κ1) is 21.4. The van der Waals surface area contributed by atoms with Crippen molar-refractivity contribution >= 4 is 35.0 Å². The number of hydrogen-bond donors (Lipinski definition) is 2. The average molecular weight is 419 g/mol. The molecule has 1 spiro atoms. The summed E-state index contributed by atoms with van der Waals surface area (Å²) >= 11 is 5.42. The van der Waals surface area contributed by atoms with E-state index in [2.05, 4.69) is 26.3 Å². The molecule has 2 aliphatic rings. The van der Waals surface area contributed by atoms with Gasteiger partial charge in [0.15, 0.2) is 5.11 Å². The number of rotatable bonds is 3. The van der Waals surface area contributed by atoms with Crippen molar-refractivity contribution in [1.82, 2.24) is 15.1 Å². The molecule has 0 saturated carbocycles. The molecule has 0 radical (unpaired) electrons. The van der Waals surface area contributed by atoms with Gasteiger partial charge in [0.25, 0.3) is 0 Å². The number of esters is 1. The van der Waals surface area contributed by atoms with Gasteiger partial charge in [0.2, 0.25) is 0 Å². The normalized spacial score (nSPS) is 17.9. The van der Waals surface area contributed by atoms with Crippen LogP contribution in [-0.4, -0.2) is 66.7 Å². The minimum atomic E-state index is -0.329. The molecule has 2 aliphatic heterocycles. The summed E-state index contributed by atoms with van der Waals surface area (Å²) < 4.78 is 4.64. The van der Waals surface area contributed by atoms with Gasteiger partial charge in [-0.15, -0.1) is 0 Å². The number of amides is 2. The lowest BCUT2D eigenvalue weighted by molar-refractivity contribution is -0.139. The van der Waals surface area contributed by atoms with E-state index in [9.17, 15) is 9.59 Å². The highest BCUT2D eigenvalue weighted by atomic mass is 32.1. The van der Waals surface area contributed by atoms with Gasteiger partial charge in [0, 0.05) is 31.9 Å². The Morgan fingerprint density at radius 3 is 2.41 bits per heavy atom. The van der Waals surface area contributed by atoms with Gasteiger partial charge in [0.1, 0.15) is 6.54 Å². The molecular formula is C21H30N4O3S. The molecule has 2 fully saturated rings. The number of nitrogens with zero attached hydrogens (tertiary/aromatic N) is 2. The number of urea groups is 1. The molecule has 0 aromatic heterocycles. The molecule has 158 valence electrons. The molecule has 7 nitrogen and oxygen atoms in total. The zero-order valence-electron chi connectivity index (χ0n) is 17.4. The van der Waals surface area contributed by atoms with Crippen LogP contribution in [0.5, 0.6) is 0 Å². The molecule has 0 unspecified atom stereocenters. The van der Waals surface area contributed by atoms with Gasteiger partial charge in [-0.1, -0.05) is 17.7 Å². The molecule has 2 heterocycles. The number of nitrogens with one attached hydrogen (secondary N) is 2. The van der Waals surface area contributed by atoms with E-state index in [1.807, 2.05) is 30.9 Å². The summed E-state index contributed by atoms with van der Waals surface area (Å²) in [5.74, 6) is -0.329. The smallest absolute Gasteiger partial charge is 0.325 e.